The highest BCUT2D eigenvalue weighted by Crippen LogP contribution is 2.36. The number of hydrogen-bond donors (Lipinski definition) is 1. The fraction of sp³-hybridized carbons (Fsp3) is 0.857. The predicted molar refractivity (Wildman–Crippen MR) is 68.2 cm³/mol. The Labute approximate surface area is 108 Å². The fourth-order valence-electron chi connectivity index (χ4n) is 2.97. The van der Waals surface area contributed by atoms with Gasteiger partial charge in [0, 0.05) is 13.5 Å². The van der Waals surface area contributed by atoms with E-state index in [1.807, 2.05) is 0 Å². The standard InChI is InChI=1S/C14H23NO3/c1-15(12(16)8-7-11-5-6-11)14(13(17)18)9-3-2-4-10-14/h11H,2-10H2,1H3,(H,17,18). The molecule has 2 saturated carbocycles. The Balaban J connectivity index is 1.99. The van der Waals surface area contributed by atoms with E-state index in [1.54, 1.807) is 7.05 Å². The summed E-state index contributed by atoms with van der Waals surface area (Å²) in [6.45, 7) is 0. The highest BCUT2D eigenvalue weighted by atomic mass is 16.4. The van der Waals surface area contributed by atoms with Gasteiger partial charge in [0.2, 0.25) is 5.91 Å². The van der Waals surface area contributed by atoms with E-state index in [0.717, 1.165) is 31.6 Å². The van der Waals surface area contributed by atoms with Crippen molar-refractivity contribution in [2.75, 3.05) is 7.05 Å². The molecule has 2 aliphatic rings. The van der Waals surface area contributed by atoms with Gasteiger partial charge >= 0.3 is 5.97 Å². The highest BCUT2D eigenvalue weighted by Gasteiger charge is 2.45. The number of likely N-dealkylation sites (N-methyl/N-ethyl adjacent to an activating group) is 1. The Morgan fingerprint density at radius 3 is 2.33 bits per heavy atom. The number of carboxylic acids is 1. The van der Waals surface area contributed by atoms with Crippen molar-refractivity contribution in [1.82, 2.24) is 4.90 Å². The van der Waals surface area contributed by atoms with Gasteiger partial charge in [-0.1, -0.05) is 32.1 Å². The second kappa shape index (κ2) is 5.29. The van der Waals surface area contributed by atoms with E-state index in [-0.39, 0.29) is 5.91 Å². The molecule has 1 N–H and O–H groups in total. The lowest BCUT2D eigenvalue weighted by molar-refractivity contribution is -0.160. The summed E-state index contributed by atoms with van der Waals surface area (Å²) in [7, 11) is 1.68. The van der Waals surface area contributed by atoms with Crippen LogP contribution in [0.3, 0.4) is 0 Å². The van der Waals surface area contributed by atoms with Crippen molar-refractivity contribution in [2.45, 2.75) is 63.3 Å². The van der Waals surface area contributed by atoms with Gasteiger partial charge in [0.25, 0.3) is 0 Å². The molecule has 0 saturated heterocycles. The van der Waals surface area contributed by atoms with Gasteiger partial charge in [-0.2, -0.15) is 0 Å². The molecule has 2 rings (SSSR count). The summed E-state index contributed by atoms with van der Waals surface area (Å²) >= 11 is 0. The zero-order chi connectivity index (χ0) is 13.2. The molecule has 0 radical (unpaired) electrons. The lowest BCUT2D eigenvalue weighted by atomic mass is 9.80. The first-order valence-corrected chi connectivity index (χ1v) is 7.06. The second-order valence-electron chi connectivity index (χ2n) is 5.83. The van der Waals surface area contributed by atoms with Crippen LogP contribution in [0.1, 0.15) is 57.8 Å². The number of carbonyl (C=O) groups excluding carboxylic acids is 1. The van der Waals surface area contributed by atoms with Crippen LogP contribution in [-0.2, 0) is 9.59 Å². The quantitative estimate of drug-likeness (QED) is 0.818. The molecule has 18 heavy (non-hydrogen) atoms. The molecule has 0 aliphatic heterocycles. The van der Waals surface area contributed by atoms with Crippen LogP contribution in [0, 0.1) is 5.92 Å². The Hall–Kier alpha value is -1.06. The highest BCUT2D eigenvalue weighted by molar-refractivity contribution is 5.87. The Kier molecular flexibility index (Phi) is 3.93. The lowest BCUT2D eigenvalue weighted by Crippen LogP contribution is -2.56. The molecule has 0 aromatic rings. The van der Waals surface area contributed by atoms with Crippen molar-refractivity contribution in [2.24, 2.45) is 5.92 Å². The normalized spacial score (nSPS) is 22.5. The van der Waals surface area contributed by atoms with Crippen LogP contribution in [0.15, 0.2) is 0 Å². The van der Waals surface area contributed by atoms with Crippen LogP contribution in [-0.4, -0.2) is 34.5 Å². The summed E-state index contributed by atoms with van der Waals surface area (Å²) in [6.07, 6.45) is 8.03. The van der Waals surface area contributed by atoms with Crippen LogP contribution in [0.25, 0.3) is 0 Å². The topological polar surface area (TPSA) is 57.6 Å². The molecule has 102 valence electrons. The molecule has 0 spiro atoms. The lowest BCUT2D eigenvalue weighted by Gasteiger charge is -2.41. The van der Waals surface area contributed by atoms with Crippen molar-refractivity contribution in [3.8, 4) is 0 Å². The molecule has 0 bridgehead atoms. The largest absolute Gasteiger partial charge is 0.479 e. The van der Waals surface area contributed by atoms with E-state index in [2.05, 4.69) is 0 Å². The molecule has 0 heterocycles. The molecule has 0 aromatic carbocycles. The van der Waals surface area contributed by atoms with Crippen LogP contribution in [0.5, 0.6) is 0 Å². The molecule has 2 fully saturated rings. The molecule has 0 aromatic heterocycles. The monoisotopic (exact) mass is 253 g/mol. The van der Waals surface area contributed by atoms with Crippen molar-refractivity contribution < 1.29 is 14.7 Å². The van der Waals surface area contributed by atoms with Gasteiger partial charge in [-0.3, -0.25) is 4.79 Å². The average molecular weight is 253 g/mol. The Bertz CT molecular complexity index is 330. The van der Waals surface area contributed by atoms with Gasteiger partial charge in [-0.25, -0.2) is 4.79 Å². The summed E-state index contributed by atoms with van der Waals surface area (Å²) in [5.74, 6) is -0.106. The molecular weight excluding hydrogens is 230 g/mol. The number of hydrogen-bond acceptors (Lipinski definition) is 2. The van der Waals surface area contributed by atoms with Crippen molar-refractivity contribution in [3.05, 3.63) is 0 Å². The number of nitrogens with zero attached hydrogens (tertiary/aromatic N) is 1. The third-order valence-electron chi connectivity index (χ3n) is 4.56. The van der Waals surface area contributed by atoms with Crippen LogP contribution in [0.2, 0.25) is 0 Å². The van der Waals surface area contributed by atoms with Gasteiger partial charge in [-0.15, -0.1) is 0 Å². The number of rotatable bonds is 5. The van der Waals surface area contributed by atoms with Crippen LogP contribution >= 0.6 is 0 Å². The van der Waals surface area contributed by atoms with E-state index < -0.39 is 11.5 Å². The first-order valence-electron chi connectivity index (χ1n) is 7.06. The molecular formula is C14H23NO3. The number of aliphatic carboxylic acids is 1. The molecule has 1 amide bonds. The van der Waals surface area contributed by atoms with E-state index in [0.29, 0.717) is 19.3 Å². The van der Waals surface area contributed by atoms with E-state index in [1.165, 1.54) is 17.7 Å². The summed E-state index contributed by atoms with van der Waals surface area (Å²) in [5, 5.41) is 9.50. The molecule has 4 nitrogen and oxygen atoms in total. The van der Waals surface area contributed by atoms with E-state index in [4.69, 9.17) is 0 Å². The van der Waals surface area contributed by atoms with Crippen LogP contribution in [0.4, 0.5) is 0 Å². The summed E-state index contributed by atoms with van der Waals surface area (Å²) < 4.78 is 0. The van der Waals surface area contributed by atoms with Gasteiger partial charge < -0.3 is 10.0 Å². The van der Waals surface area contributed by atoms with Crippen molar-refractivity contribution in [3.63, 3.8) is 0 Å². The third-order valence-corrected chi connectivity index (χ3v) is 4.56. The zero-order valence-electron chi connectivity index (χ0n) is 11.2. The maximum absolute atomic E-state index is 12.1. The first-order chi connectivity index (χ1) is 8.56. The van der Waals surface area contributed by atoms with Crippen LogP contribution < -0.4 is 0 Å². The minimum Gasteiger partial charge on any atom is -0.479 e. The minimum absolute atomic E-state index is 0.00574. The van der Waals surface area contributed by atoms with Crippen molar-refractivity contribution >= 4 is 11.9 Å². The molecule has 0 unspecified atom stereocenters. The Morgan fingerprint density at radius 1 is 1.22 bits per heavy atom. The minimum atomic E-state index is -0.932. The summed E-state index contributed by atoms with van der Waals surface area (Å²) in [4.78, 5) is 25.3. The first kappa shape index (κ1) is 13.4. The molecule has 0 atom stereocenters. The van der Waals surface area contributed by atoms with Gasteiger partial charge in [-0.05, 0) is 25.2 Å². The number of amides is 1. The number of carboxylic acid groups (broad SMARTS) is 1. The second-order valence-corrected chi connectivity index (χ2v) is 5.83. The molecule has 4 heteroatoms. The smallest absolute Gasteiger partial charge is 0.329 e. The maximum atomic E-state index is 12.1. The third kappa shape index (κ3) is 2.68. The fourth-order valence-corrected chi connectivity index (χ4v) is 2.97. The van der Waals surface area contributed by atoms with Gasteiger partial charge in [0.15, 0.2) is 0 Å². The van der Waals surface area contributed by atoms with Gasteiger partial charge in [0.05, 0.1) is 0 Å². The predicted octanol–water partition coefficient (Wildman–Crippen LogP) is 2.42. The number of carbonyl (C=O) groups is 2. The zero-order valence-corrected chi connectivity index (χ0v) is 11.2. The SMILES string of the molecule is CN(C(=O)CCC1CC1)C1(C(=O)O)CCCCC1. The Morgan fingerprint density at radius 2 is 1.83 bits per heavy atom. The summed E-state index contributed by atoms with van der Waals surface area (Å²) in [5.41, 5.74) is -0.932. The molecule has 2 aliphatic carbocycles. The summed E-state index contributed by atoms with van der Waals surface area (Å²) in [6, 6.07) is 0. The average Bonchev–Trinajstić information content (AvgIpc) is 3.19. The van der Waals surface area contributed by atoms with Crippen molar-refractivity contribution in [1.29, 1.82) is 0 Å². The van der Waals surface area contributed by atoms with E-state index >= 15 is 0 Å². The maximum Gasteiger partial charge on any atom is 0.329 e. The van der Waals surface area contributed by atoms with Gasteiger partial charge in [0.1, 0.15) is 5.54 Å². The van der Waals surface area contributed by atoms with E-state index in [9.17, 15) is 14.7 Å².